The van der Waals surface area contributed by atoms with Crippen molar-refractivity contribution in [1.29, 1.82) is 0 Å². The molecule has 0 fully saturated rings. The third-order valence-corrected chi connectivity index (χ3v) is 5.60. The number of halogens is 2. The highest BCUT2D eigenvalue weighted by molar-refractivity contribution is 9.10. The Morgan fingerprint density at radius 1 is 0.962 bits per heavy atom. The lowest BCUT2D eigenvalue weighted by molar-refractivity contribution is 0.655. The van der Waals surface area contributed by atoms with Crippen LogP contribution in [0.15, 0.2) is 93.6 Å². The fourth-order valence-corrected chi connectivity index (χ4v) is 3.09. The second-order valence-electron chi connectivity index (χ2n) is 6.30. The molecule has 0 radical (unpaired) electrons. The average molecular weight is 475 g/mol. The second kappa shape index (κ2) is 9.94. The molecule has 0 saturated carbocycles. The summed E-state index contributed by atoms with van der Waals surface area (Å²) in [5, 5.41) is 0. The molecule has 0 saturated heterocycles. The van der Waals surface area contributed by atoms with Gasteiger partial charge in [0.15, 0.2) is 0 Å². The molecule has 1 atom stereocenters. The molecule has 0 N–H and O–H groups in total. The lowest BCUT2D eigenvalue weighted by Gasteiger charge is -2.26. The fraction of sp³-hybridized carbons (Fsp3) is 0.217. The van der Waals surface area contributed by atoms with Crippen molar-refractivity contribution in [2.75, 3.05) is 4.90 Å². The third-order valence-electron chi connectivity index (χ3n) is 4.54. The van der Waals surface area contributed by atoms with Crippen LogP contribution in [0.1, 0.15) is 27.2 Å². The molecule has 136 valence electrons. The lowest BCUT2D eigenvalue weighted by atomic mass is 9.99. The van der Waals surface area contributed by atoms with Gasteiger partial charge in [0.1, 0.15) is 0 Å². The third kappa shape index (κ3) is 5.46. The molecule has 0 aliphatic rings. The highest BCUT2D eigenvalue weighted by Crippen LogP contribution is 2.32. The molecular weight excluding hydrogens is 450 g/mol. The van der Waals surface area contributed by atoms with E-state index in [1.54, 1.807) is 0 Å². The van der Waals surface area contributed by atoms with Crippen LogP contribution in [-0.4, -0.2) is 0 Å². The largest absolute Gasteiger partial charge is 0.311 e. The Balaban J connectivity index is 2.52. The summed E-state index contributed by atoms with van der Waals surface area (Å²) < 4.78 is 2.13. The highest BCUT2D eigenvalue weighted by atomic mass is 79.9. The Kier molecular flexibility index (Phi) is 7.92. The van der Waals surface area contributed by atoms with E-state index in [0.717, 1.165) is 32.4 Å². The summed E-state index contributed by atoms with van der Waals surface area (Å²) in [7, 11) is 0. The summed E-state index contributed by atoms with van der Waals surface area (Å²) in [6.45, 7) is 10.7. The van der Waals surface area contributed by atoms with Crippen LogP contribution >= 0.6 is 31.9 Å². The van der Waals surface area contributed by atoms with Crippen molar-refractivity contribution in [2.45, 2.75) is 27.2 Å². The molecule has 26 heavy (non-hydrogen) atoms. The van der Waals surface area contributed by atoms with E-state index in [1.807, 2.05) is 6.08 Å². The van der Waals surface area contributed by atoms with Gasteiger partial charge >= 0.3 is 0 Å². The van der Waals surface area contributed by atoms with Gasteiger partial charge < -0.3 is 4.90 Å². The van der Waals surface area contributed by atoms with Crippen molar-refractivity contribution in [1.82, 2.24) is 0 Å². The molecule has 1 unspecified atom stereocenters. The minimum Gasteiger partial charge on any atom is -0.311 e. The molecule has 3 heteroatoms. The molecule has 0 bridgehead atoms. The van der Waals surface area contributed by atoms with Crippen molar-refractivity contribution in [2.24, 2.45) is 5.92 Å². The Bertz CT molecular complexity index is 740. The topological polar surface area (TPSA) is 3.24 Å². The first-order valence-corrected chi connectivity index (χ1v) is 10.4. The standard InChI is InChI=1S/C23H25Br2N/c1-5-17(3)18(4)7-12-21(6-2)26(22-13-8-19(24)9-14-22)23-15-10-20(25)11-16-23/h6-17H,2,5H2,1,3-4H3/b18-7+,21-12+. The first kappa shape index (κ1) is 20.7. The van der Waals surface area contributed by atoms with E-state index in [1.165, 1.54) is 5.57 Å². The van der Waals surface area contributed by atoms with Crippen LogP contribution in [0.2, 0.25) is 0 Å². The smallest absolute Gasteiger partial charge is 0.0462 e. The SMILES string of the molecule is C=C/C(=C\C=C(/C)C(C)CC)N(c1ccc(Br)cc1)c1ccc(Br)cc1. The van der Waals surface area contributed by atoms with Crippen molar-refractivity contribution in [3.63, 3.8) is 0 Å². The Morgan fingerprint density at radius 3 is 1.81 bits per heavy atom. The zero-order chi connectivity index (χ0) is 19.1. The maximum Gasteiger partial charge on any atom is 0.0462 e. The number of rotatable bonds is 7. The molecule has 0 amide bonds. The van der Waals surface area contributed by atoms with E-state index >= 15 is 0 Å². The molecule has 2 aromatic rings. The number of hydrogen-bond donors (Lipinski definition) is 0. The van der Waals surface area contributed by atoms with Crippen LogP contribution in [0, 0.1) is 5.92 Å². The second-order valence-corrected chi connectivity index (χ2v) is 8.14. The summed E-state index contributed by atoms with van der Waals surface area (Å²) in [6, 6.07) is 16.7. The van der Waals surface area contributed by atoms with Crippen LogP contribution in [0.25, 0.3) is 0 Å². The normalized spacial score (nSPS) is 13.4. The van der Waals surface area contributed by atoms with Gasteiger partial charge in [-0.15, -0.1) is 0 Å². The zero-order valence-electron chi connectivity index (χ0n) is 15.5. The van der Waals surface area contributed by atoms with E-state index < -0.39 is 0 Å². The molecule has 0 aliphatic heterocycles. The maximum atomic E-state index is 4.05. The number of allylic oxidation sites excluding steroid dienone is 4. The number of benzene rings is 2. The Labute approximate surface area is 174 Å². The fourth-order valence-electron chi connectivity index (χ4n) is 2.56. The van der Waals surface area contributed by atoms with Crippen LogP contribution in [0.4, 0.5) is 11.4 Å². The Hall–Kier alpha value is -1.58. The van der Waals surface area contributed by atoms with Crippen LogP contribution < -0.4 is 4.90 Å². The van der Waals surface area contributed by atoms with Crippen LogP contribution in [0.5, 0.6) is 0 Å². The predicted octanol–water partition coefficient (Wildman–Crippen LogP) is 8.41. The molecular formula is C23H25Br2N. The molecule has 0 aromatic heterocycles. The Morgan fingerprint density at radius 2 is 1.42 bits per heavy atom. The van der Waals surface area contributed by atoms with E-state index in [0.29, 0.717) is 5.92 Å². The first-order chi connectivity index (χ1) is 12.5. The van der Waals surface area contributed by atoms with Crippen molar-refractivity contribution < 1.29 is 0 Å². The van der Waals surface area contributed by atoms with Gasteiger partial charge in [-0.25, -0.2) is 0 Å². The molecule has 0 spiro atoms. The minimum atomic E-state index is 0.575. The minimum absolute atomic E-state index is 0.575. The van der Waals surface area contributed by atoms with Gasteiger partial charge in [-0.3, -0.25) is 0 Å². The summed E-state index contributed by atoms with van der Waals surface area (Å²) in [4.78, 5) is 2.21. The van der Waals surface area contributed by atoms with Crippen LogP contribution in [0.3, 0.4) is 0 Å². The quantitative estimate of drug-likeness (QED) is 0.364. The van der Waals surface area contributed by atoms with Gasteiger partial charge in [0.2, 0.25) is 0 Å². The number of hydrogen-bond acceptors (Lipinski definition) is 1. The van der Waals surface area contributed by atoms with Crippen molar-refractivity contribution in [3.8, 4) is 0 Å². The van der Waals surface area contributed by atoms with Crippen molar-refractivity contribution in [3.05, 3.63) is 93.6 Å². The summed E-state index contributed by atoms with van der Waals surface area (Å²) in [6.07, 6.45) is 7.40. The molecule has 2 aromatic carbocycles. The van der Waals surface area contributed by atoms with Gasteiger partial charge in [-0.2, -0.15) is 0 Å². The average Bonchev–Trinajstić information content (AvgIpc) is 2.66. The molecule has 0 heterocycles. The van der Waals surface area contributed by atoms with Gasteiger partial charge in [-0.1, -0.05) is 63.9 Å². The number of nitrogens with zero attached hydrogens (tertiary/aromatic N) is 1. The molecule has 0 aliphatic carbocycles. The van der Waals surface area contributed by atoms with E-state index in [4.69, 9.17) is 0 Å². The van der Waals surface area contributed by atoms with Gasteiger partial charge in [0, 0.05) is 26.0 Å². The van der Waals surface area contributed by atoms with Crippen molar-refractivity contribution >= 4 is 43.2 Å². The zero-order valence-corrected chi connectivity index (χ0v) is 18.7. The molecule has 1 nitrogen and oxygen atoms in total. The van der Waals surface area contributed by atoms with Gasteiger partial charge in [0.05, 0.1) is 0 Å². The van der Waals surface area contributed by atoms with Gasteiger partial charge in [-0.05, 0) is 79.9 Å². The number of anilines is 2. The summed E-state index contributed by atoms with van der Waals surface area (Å²) in [5.74, 6) is 0.575. The monoisotopic (exact) mass is 473 g/mol. The van der Waals surface area contributed by atoms with Gasteiger partial charge in [0.25, 0.3) is 0 Å². The van der Waals surface area contributed by atoms with E-state index in [-0.39, 0.29) is 0 Å². The van der Waals surface area contributed by atoms with E-state index in [9.17, 15) is 0 Å². The molecule has 2 rings (SSSR count). The van der Waals surface area contributed by atoms with Crippen LogP contribution in [-0.2, 0) is 0 Å². The first-order valence-electron chi connectivity index (χ1n) is 8.78. The van der Waals surface area contributed by atoms with E-state index in [2.05, 4.69) is 125 Å². The lowest BCUT2D eigenvalue weighted by Crippen LogP contribution is -2.15. The summed E-state index contributed by atoms with van der Waals surface area (Å²) in [5.41, 5.74) is 4.60. The summed E-state index contributed by atoms with van der Waals surface area (Å²) >= 11 is 7.04. The highest BCUT2D eigenvalue weighted by Gasteiger charge is 2.12. The maximum absolute atomic E-state index is 4.05. The predicted molar refractivity (Wildman–Crippen MR) is 122 cm³/mol.